The molecule has 2 amide bonds. The van der Waals surface area contributed by atoms with E-state index in [0.29, 0.717) is 41.3 Å². The Morgan fingerprint density at radius 2 is 2.16 bits per heavy atom. The van der Waals surface area contributed by atoms with Crippen LogP contribution in [0, 0.1) is 6.92 Å². The van der Waals surface area contributed by atoms with Crippen molar-refractivity contribution >= 4 is 34.1 Å². The fraction of sp³-hybridized carbons (Fsp3) is 0.364. The van der Waals surface area contributed by atoms with Crippen molar-refractivity contribution in [2.75, 3.05) is 39.9 Å². The first-order valence-corrected chi connectivity index (χ1v) is 10.9. The topological polar surface area (TPSA) is 95.9 Å². The number of aliphatic hydroxyl groups is 1. The third kappa shape index (κ3) is 4.30. The maximum Gasteiger partial charge on any atom is 0.266 e. The van der Waals surface area contributed by atoms with Gasteiger partial charge >= 0.3 is 0 Å². The highest BCUT2D eigenvalue weighted by Gasteiger charge is 2.29. The molecule has 0 saturated carbocycles. The average molecular weight is 441 g/mol. The lowest BCUT2D eigenvalue weighted by Gasteiger charge is -2.32. The number of nitrogens with zero attached hydrogens (tertiary/aromatic N) is 4. The second-order valence-corrected chi connectivity index (χ2v) is 8.29. The molecule has 0 aliphatic carbocycles. The van der Waals surface area contributed by atoms with Gasteiger partial charge in [0.15, 0.2) is 0 Å². The molecule has 3 aromatic rings. The summed E-state index contributed by atoms with van der Waals surface area (Å²) in [6.45, 7) is 3.18. The number of likely N-dealkylation sites (N-methyl/N-ethyl adjacent to an activating group) is 1. The number of hydrogen-bond acceptors (Lipinski definition) is 7. The molecule has 31 heavy (non-hydrogen) atoms. The fourth-order valence-corrected chi connectivity index (χ4v) is 4.43. The summed E-state index contributed by atoms with van der Waals surface area (Å²) in [6, 6.07) is 9.19. The minimum absolute atomic E-state index is 0.0620. The Morgan fingerprint density at radius 1 is 1.35 bits per heavy atom. The minimum Gasteiger partial charge on any atom is -0.395 e. The molecule has 0 radical (unpaired) electrons. The van der Waals surface area contributed by atoms with Crippen molar-refractivity contribution < 1.29 is 19.4 Å². The highest BCUT2D eigenvalue weighted by Crippen LogP contribution is 2.28. The number of para-hydroxylation sites is 1. The van der Waals surface area contributed by atoms with Crippen LogP contribution in [0.3, 0.4) is 0 Å². The highest BCUT2D eigenvalue weighted by molar-refractivity contribution is 7.11. The molecule has 9 heteroatoms. The van der Waals surface area contributed by atoms with Gasteiger partial charge in [-0.25, -0.2) is 9.97 Å². The monoisotopic (exact) mass is 440 g/mol. The van der Waals surface area contributed by atoms with E-state index >= 15 is 0 Å². The zero-order valence-corrected chi connectivity index (χ0v) is 18.3. The van der Waals surface area contributed by atoms with Gasteiger partial charge in [-0.1, -0.05) is 18.2 Å². The Bertz CT molecular complexity index is 1120. The molecule has 4 rings (SSSR count). The van der Waals surface area contributed by atoms with Crippen LogP contribution in [-0.2, 0) is 4.74 Å². The van der Waals surface area contributed by atoms with E-state index in [-0.39, 0.29) is 25.0 Å². The number of benzene rings is 1. The number of carbonyl (C=O) groups is 2. The molecule has 1 aliphatic heterocycles. The van der Waals surface area contributed by atoms with Gasteiger partial charge in [0.05, 0.1) is 47.7 Å². The smallest absolute Gasteiger partial charge is 0.266 e. The SMILES string of the molecule is Cc1ncsc1C(=O)N1CCO[C@@H](c2cc(C(=O)N(C)CCO)c3ccccc3n2)C1. The molecule has 0 spiro atoms. The normalized spacial score (nSPS) is 16.5. The lowest BCUT2D eigenvalue weighted by atomic mass is 10.0. The number of aromatic nitrogens is 2. The average Bonchev–Trinajstić information content (AvgIpc) is 3.23. The van der Waals surface area contributed by atoms with Gasteiger partial charge in [-0.05, 0) is 19.1 Å². The second kappa shape index (κ2) is 9.09. The van der Waals surface area contributed by atoms with Gasteiger partial charge in [0.1, 0.15) is 11.0 Å². The molecule has 0 unspecified atom stereocenters. The summed E-state index contributed by atoms with van der Waals surface area (Å²) >= 11 is 1.34. The van der Waals surface area contributed by atoms with Gasteiger partial charge in [-0.15, -0.1) is 11.3 Å². The van der Waals surface area contributed by atoms with Crippen molar-refractivity contribution in [1.29, 1.82) is 0 Å². The molecule has 1 fully saturated rings. The zero-order valence-electron chi connectivity index (χ0n) is 17.4. The maximum atomic E-state index is 13.0. The van der Waals surface area contributed by atoms with Crippen LogP contribution in [-0.4, -0.2) is 76.6 Å². The number of amides is 2. The first-order chi connectivity index (χ1) is 15.0. The van der Waals surface area contributed by atoms with Gasteiger partial charge in [0.2, 0.25) is 0 Å². The van der Waals surface area contributed by atoms with Crippen molar-refractivity contribution in [3.63, 3.8) is 0 Å². The lowest BCUT2D eigenvalue weighted by molar-refractivity contribution is -0.0245. The summed E-state index contributed by atoms with van der Waals surface area (Å²) in [4.78, 5) is 38.7. The van der Waals surface area contributed by atoms with Crippen LogP contribution < -0.4 is 0 Å². The van der Waals surface area contributed by atoms with E-state index in [0.717, 1.165) is 11.1 Å². The summed E-state index contributed by atoms with van der Waals surface area (Å²) in [7, 11) is 1.66. The summed E-state index contributed by atoms with van der Waals surface area (Å²) in [5.74, 6) is -0.258. The van der Waals surface area contributed by atoms with Gasteiger partial charge < -0.3 is 19.6 Å². The molecule has 8 nitrogen and oxygen atoms in total. The molecule has 1 aromatic carbocycles. The molecule has 1 atom stereocenters. The summed E-state index contributed by atoms with van der Waals surface area (Å²) in [5.41, 5.74) is 4.19. The van der Waals surface area contributed by atoms with Crippen molar-refractivity contribution in [1.82, 2.24) is 19.8 Å². The number of aryl methyl sites for hydroxylation is 1. The third-order valence-corrected chi connectivity index (χ3v) is 6.29. The Labute approximate surface area is 184 Å². The van der Waals surface area contributed by atoms with Gasteiger partial charge in [0.25, 0.3) is 11.8 Å². The van der Waals surface area contributed by atoms with Crippen LogP contribution in [0.15, 0.2) is 35.8 Å². The lowest BCUT2D eigenvalue weighted by Crippen LogP contribution is -2.42. The van der Waals surface area contributed by atoms with Crippen LogP contribution >= 0.6 is 11.3 Å². The molecule has 0 bridgehead atoms. The largest absolute Gasteiger partial charge is 0.395 e. The van der Waals surface area contributed by atoms with E-state index in [2.05, 4.69) is 4.98 Å². The second-order valence-electron chi connectivity index (χ2n) is 7.44. The Balaban J connectivity index is 1.66. The van der Waals surface area contributed by atoms with E-state index < -0.39 is 6.10 Å². The summed E-state index contributed by atoms with van der Waals surface area (Å²) in [6.07, 6.45) is -0.440. The number of morpholine rings is 1. The number of rotatable bonds is 5. The van der Waals surface area contributed by atoms with E-state index in [1.54, 1.807) is 23.5 Å². The van der Waals surface area contributed by atoms with Gasteiger partial charge in [-0.2, -0.15) is 0 Å². The summed E-state index contributed by atoms with van der Waals surface area (Å²) < 4.78 is 5.95. The van der Waals surface area contributed by atoms with Crippen molar-refractivity contribution in [2.24, 2.45) is 0 Å². The standard InChI is InChI=1S/C22H24N4O4S/c1-14-20(31-13-23-14)22(29)26-8-10-30-19(12-26)18-11-16(21(28)25(2)7-9-27)15-5-3-4-6-17(15)24-18/h3-6,11,13,19,27H,7-10,12H2,1-2H3/t19-/m1/s1. The molecular formula is C22H24N4O4S. The summed E-state index contributed by atoms with van der Waals surface area (Å²) in [5, 5.41) is 9.96. The molecule has 3 heterocycles. The molecule has 1 saturated heterocycles. The molecule has 162 valence electrons. The Hall–Kier alpha value is -2.88. The molecule has 1 N–H and O–H groups in total. The number of carbonyl (C=O) groups excluding carboxylic acids is 2. The van der Waals surface area contributed by atoms with Crippen LogP contribution in [0.25, 0.3) is 10.9 Å². The molecular weight excluding hydrogens is 416 g/mol. The van der Waals surface area contributed by atoms with Crippen LogP contribution in [0.1, 0.15) is 37.5 Å². The Morgan fingerprint density at radius 3 is 2.90 bits per heavy atom. The van der Waals surface area contributed by atoms with Gasteiger partial charge in [-0.3, -0.25) is 9.59 Å². The predicted molar refractivity (Wildman–Crippen MR) is 117 cm³/mol. The van der Waals surface area contributed by atoms with E-state index in [1.165, 1.54) is 16.2 Å². The minimum atomic E-state index is -0.440. The third-order valence-electron chi connectivity index (χ3n) is 5.37. The highest BCUT2D eigenvalue weighted by atomic mass is 32.1. The van der Waals surface area contributed by atoms with Crippen molar-refractivity contribution in [2.45, 2.75) is 13.0 Å². The van der Waals surface area contributed by atoms with Crippen molar-refractivity contribution in [3.8, 4) is 0 Å². The van der Waals surface area contributed by atoms with E-state index in [4.69, 9.17) is 9.72 Å². The number of thiazole rings is 1. The number of fused-ring (bicyclic) bond motifs is 1. The van der Waals surface area contributed by atoms with Crippen molar-refractivity contribution in [3.05, 3.63) is 57.7 Å². The Kier molecular flexibility index (Phi) is 6.26. The maximum absolute atomic E-state index is 13.0. The number of hydrogen-bond donors (Lipinski definition) is 1. The van der Waals surface area contributed by atoms with Crippen LogP contribution in [0.4, 0.5) is 0 Å². The quantitative estimate of drug-likeness (QED) is 0.654. The first kappa shape index (κ1) is 21.4. The molecule has 1 aliphatic rings. The number of pyridine rings is 1. The number of ether oxygens (including phenoxy) is 1. The predicted octanol–water partition coefficient (Wildman–Crippen LogP) is 2.28. The van der Waals surface area contributed by atoms with Crippen LogP contribution in [0.2, 0.25) is 0 Å². The van der Waals surface area contributed by atoms with E-state index in [1.807, 2.05) is 31.2 Å². The number of aliphatic hydroxyl groups excluding tert-OH is 1. The van der Waals surface area contributed by atoms with E-state index in [9.17, 15) is 14.7 Å². The molecule has 2 aromatic heterocycles. The zero-order chi connectivity index (χ0) is 22.0. The first-order valence-electron chi connectivity index (χ1n) is 10.1. The van der Waals surface area contributed by atoms with Crippen LogP contribution in [0.5, 0.6) is 0 Å². The fourth-order valence-electron chi connectivity index (χ4n) is 3.66. The van der Waals surface area contributed by atoms with Gasteiger partial charge in [0, 0.05) is 25.5 Å².